The van der Waals surface area contributed by atoms with Crippen molar-refractivity contribution in [1.29, 1.82) is 0 Å². The van der Waals surface area contributed by atoms with Crippen LogP contribution in [0.25, 0.3) is 0 Å². The van der Waals surface area contributed by atoms with Crippen molar-refractivity contribution >= 4 is 11.3 Å². The smallest absolute Gasteiger partial charge is 0.110 e. The van der Waals surface area contributed by atoms with E-state index in [1.165, 1.54) is 17.8 Å². The maximum absolute atomic E-state index is 4.46. The maximum Gasteiger partial charge on any atom is 0.110 e. The van der Waals surface area contributed by atoms with E-state index >= 15 is 0 Å². The average molecular weight is 184 g/mol. The molecule has 1 aromatic heterocycles. The van der Waals surface area contributed by atoms with E-state index < -0.39 is 0 Å². The second kappa shape index (κ2) is 4.58. The lowest BCUT2D eigenvalue weighted by molar-refractivity contribution is 0.538. The van der Waals surface area contributed by atoms with E-state index in [4.69, 9.17) is 0 Å². The molecule has 0 radical (unpaired) electrons. The van der Waals surface area contributed by atoms with Gasteiger partial charge in [0, 0.05) is 11.1 Å². The van der Waals surface area contributed by atoms with Crippen molar-refractivity contribution in [2.75, 3.05) is 7.05 Å². The molecule has 0 saturated carbocycles. The zero-order chi connectivity index (χ0) is 8.97. The number of thiazole rings is 1. The van der Waals surface area contributed by atoms with Gasteiger partial charge in [-0.2, -0.15) is 0 Å². The monoisotopic (exact) mass is 184 g/mol. The first kappa shape index (κ1) is 9.68. The van der Waals surface area contributed by atoms with Gasteiger partial charge in [-0.3, -0.25) is 0 Å². The molecular weight excluding hydrogens is 168 g/mol. The van der Waals surface area contributed by atoms with E-state index in [0.29, 0.717) is 6.04 Å². The normalized spacial score (nSPS) is 13.2. The molecule has 3 heteroatoms. The number of nitrogens with zero attached hydrogens (tertiary/aromatic N) is 1. The molecule has 0 aliphatic heterocycles. The lowest BCUT2D eigenvalue weighted by Crippen LogP contribution is -2.15. The summed E-state index contributed by atoms with van der Waals surface area (Å²) in [5, 5.41) is 6.61. The molecule has 0 unspecified atom stereocenters. The van der Waals surface area contributed by atoms with Crippen LogP contribution in [-0.4, -0.2) is 12.0 Å². The highest BCUT2D eigenvalue weighted by Crippen LogP contribution is 2.21. The van der Waals surface area contributed by atoms with E-state index in [-0.39, 0.29) is 0 Å². The van der Waals surface area contributed by atoms with Gasteiger partial charge in [-0.25, -0.2) is 4.98 Å². The van der Waals surface area contributed by atoms with Crippen molar-refractivity contribution in [2.24, 2.45) is 0 Å². The topological polar surface area (TPSA) is 24.9 Å². The second-order valence-electron chi connectivity index (χ2n) is 2.96. The first-order valence-corrected chi connectivity index (χ1v) is 5.25. The Morgan fingerprint density at radius 3 is 2.83 bits per heavy atom. The molecule has 0 amide bonds. The molecule has 0 aromatic carbocycles. The van der Waals surface area contributed by atoms with Gasteiger partial charge >= 0.3 is 0 Å². The summed E-state index contributed by atoms with van der Waals surface area (Å²) in [6.07, 6.45) is 2.37. The van der Waals surface area contributed by atoms with Crippen LogP contribution in [0, 0.1) is 6.92 Å². The molecule has 1 rings (SSSR count). The molecular formula is C9H16N2S. The fourth-order valence-electron chi connectivity index (χ4n) is 1.21. The summed E-state index contributed by atoms with van der Waals surface area (Å²) in [4.78, 5) is 4.46. The highest BCUT2D eigenvalue weighted by Gasteiger charge is 2.10. The van der Waals surface area contributed by atoms with Crippen molar-refractivity contribution in [3.63, 3.8) is 0 Å². The zero-order valence-corrected chi connectivity index (χ0v) is 8.74. The van der Waals surface area contributed by atoms with Crippen molar-refractivity contribution in [1.82, 2.24) is 10.3 Å². The fourth-order valence-corrected chi connectivity index (χ4v) is 2.15. The minimum Gasteiger partial charge on any atom is -0.311 e. The Labute approximate surface area is 78.0 Å². The quantitative estimate of drug-likeness (QED) is 0.777. The number of rotatable bonds is 4. The predicted octanol–water partition coefficient (Wildman–Crippen LogP) is 2.51. The third-order valence-corrected chi connectivity index (χ3v) is 2.94. The molecule has 0 bridgehead atoms. The number of nitrogens with one attached hydrogen (secondary N) is 1. The predicted molar refractivity (Wildman–Crippen MR) is 53.6 cm³/mol. The van der Waals surface area contributed by atoms with Gasteiger partial charge in [0.1, 0.15) is 5.01 Å². The molecule has 1 aromatic rings. The van der Waals surface area contributed by atoms with E-state index in [1.807, 2.05) is 14.0 Å². The summed E-state index contributed by atoms with van der Waals surface area (Å²) in [6.45, 7) is 4.24. The van der Waals surface area contributed by atoms with Gasteiger partial charge in [-0.15, -0.1) is 11.3 Å². The highest BCUT2D eigenvalue weighted by atomic mass is 32.1. The van der Waals surface area contributed by atoms with Crippen molar-refractivity contribution < 1.29 is 0 Å². The van der Waals surface area contributed by atoms with Gasteiger partial charge in [0.25, 0.3) is 0 Å². The Kier molecular flexibility index (Phi) is 3.69. The lowest BCUT2D eigenvalue weighted by atomic mass is 10.2. The van der Waals surface area contributed by atoms with Crippen LogP contribution in [0.15, 0.2) is 5.38 Å². The minimum atomic E-state index is 0.452. The second-order valence-corrected chi connectivity index (χ2v) is 3.85. The Hall–Kier alpha value is -0.410. The van der Waals surface area contributed by atoms with Crippen LogP contribution in [0.1, 0.15) is 36.5 Å². The largest absolute Gasteiger partial charge is 0.311 e. The van der Waals surface area contributed by atoms with Gasteiger partial charge in [0.15, 0.2) is 0 Å². The van der Waals surface area contributed by atoms with Gasteiger partial charge in [0.2, 0.25) is 0 Å². The van der Waals surface area contributed by atoms with Crippen LogP contribution in [0.5, 0.6) is 0 Å². The molecule has 2 nitrogen and oxygen atoms in total. The lowest BCUT2D eigenvalue weighted by Gasteiger charge is -2.10. The number of aryl methyl sites for hydroxylation is 1. The van der Waals surface area contributed by atoms with Crippen LogP contribution in [0.3, 0.4) is 0 Å². The van der Waals surface area contributed by atoms with Crippen LogP contribution in [-0.2, 0) is 0 Å². The van der Waals surface area contributed by atoms with E-state index in [1.54, 1.807) is 11.3 Å². The van der Waals surface area contributed by atoms with Gasteiger partial charge in [-0.05, 0) is 20.4 Å². The first-order valence-electron chi connectivity index (χ1n) is 4.37. The number of aromatic nitrogens is 1. The van der Waals surface area contributed by atoms with Crippen LogP contribution >= 0.6 is 11.3 Å². The molecule has 1 heterocycles. The third-order valence-electron chi connectivity index (χ3n) is 1.86. The Balaban J connectivity index is 2.66. The first-order chi connectivity index (χ1) is 5.77. The number of hydrogen-bond donors (Lipinski definition) is 1. The number of hydrogen-bond acceptors (Lipinski definition) is 3. The highest BCUT2D eigenvalue weighted by molar-refractivity contribution is 7.09. The summed E-state index contributed by atoms with van der Waals surface area (Å²) >= 11 is 1.75. The molecule has 68 valence electrons. The Bertz CT molecular complexity index is 232. The standard InChI is InChI=1S/C9H16N2S/c1-4-5-8(10-3)9-11-7(2)6-12-9/h6,8,10H,4-5H2,1-3H3/t8-/m1/s1. The van der Waals surface area contributed by atoms with Gasteiger partial charge in [-0.1, -0.05) is 13.3 Å². The SMILES string of the molecule is CCC[C@@H](NC)c1nc(C)cs1. The minimum absolute atomic E-state index is 0.452. The molecule has 0 fully saturated rings. The molecule has 1 atom stereocenters. The molecule has 0 aliphatic carbocycles. The van der Waals surface area contributed by atoms with Crippen molar-refractivity contribution in [3.8, 4) is 0 Å². The summed E-state index contributed by atoms with van der Waals surface area (Å²) in [6, 6.07) is 0.452. The zero-order valence-electron chi connectivity index (χ0n) is 7.92. The van der Waals surface area contributed by atoms with E-state index in [2.05, 4.69) is 22.6 Å². The molecule has 1 N–H and O–H groups in total. The van der Waals surface area contributed by atoms with Gasteiger partial charge < -0.3 is 5.32 Å². The summed E-state index contributed by atoms with van der Waals surface area (Å²) in [7, 11) is 2.00. The van der Waals surface area contributed by atoms with E-state index in [9.17, 15) is 0 Å². The van der Waals surface area contributed by atoms with Crippen molar-refractivity contribution in [3.05, 3.63) is 16.1 Å². The molecule has 0 spiro atoms. The fraction of sp³-hybridized carbons (Fsp3) is 0.667. The summed E-state index contributed by atoms with van der Waals surface area (Å²) in [5.41, 5.74) is 1.13. The van der Waals surface area contributed by atoms with Crippen molar-refractivity contribution in [2.45, 2.75) is 32.7 Å². The molecule has 12 heavy (non-hydrogen) atoms. The average Bonchev–Trinajstić information content (AvgIpc) is 2.47. The molecule has 0 saturated heterocycles. The van der Waals surface area contributed by atoms with E-state index in [0.717, 1.165) is 5.69 Å². The Morgan fingerprint density at radius 2 is 2.42 bits per heavy atom. The summed E-state index contributed by atoms with van der Waals surface area (Å²) < 4.78 is 0. The Morgan fingerprint density at radius 1 is 1.67 bits per heavy atom. The van der Waals surface area contributed by atoms with Gasteiger partial charge in [0.05, 0.1) is 6.04 Å². The maximum atomic E-state index is 4.46. The third kappa shape index (κ3) is 2.29. The van der Waals surface area contributed by atoms with Crippen LogP contribution in [0.2, 0.25) is 0 Å². The van der Waals surface area contributed by atoms with Crippen LogP contribution < -0.4 is 5.32 Å². The molecule has 0 aliphatic rings. The van der Waals surface area contributed by atoms with Crippen LogP contribution in [0.4, 0.5) is 0 Å². The summed E-state index contributed by atoms with van der Waals surface area (Å²) in [5.74, 6) is 0.